The molecule has 1 aliphatic rings. The second-order valence-corrected chi connectivity index (χ2v) is 4.60. The van der Waals surface area contributed by atoms with E-state index in [1.807, 2.05) is 0 Å². The third kappa shape index (κ3) is 3.17. The van der Waals surface area contributed by atoms with E-state index in [4.69, 9.17) is 11.6 Å². The standard InChI is InChI=1S/C12H14ClFN2O/c13-10-5-9(1-2-11(10)14)12(17)16-7-8-3-4-15-6-8/h1-2,5,8,15H,3-4,6-7H2,(H,16,17). The number of carbonyl (C=O) groups is 1. The number of benzene rings is 1. The van der Waals surface area contributed by atoms with Crippen LogP contribution in [0.25, 0.3) is 0 Å². The van der Waals surface area contributed by atoms with Gasteiger partial charge >= 0.3 is 0 Å². The Bertz CT molecular complexity index is 419. The number of hydrogen-bond donors (Lipinski definition) is 2. The molecule has 0 saturated carbocycles. The van der Waals surface area contributed by atoms with Crippen molar-refractivity contribution < 1.29 is 9.18 Å². The smallest absolute Gasteiger partial charge is 0.251 e. The summed E-state index contributed by atoms with van der Waals surface area (Å²) in [6, 6.07) is 3.98. The van der Waals surface area contributed by atoms with Crippen molar-refractivity contribution in [3.8, 4) is 0 Å². The molecule has 17 heavy (non-hydrogen) atoms. The molecule has 1 fully saturated rings. The predicted molar refractivity (Wildman–Crippen MR) is 64.7 cm³/mol. The van der Waals surface area contributed by atoms with Crippen molar-refractivity contribution in [3.05, 3.63) is 34.6 Å². The van der Waals surface area contributed by atoms with Gasteiger partial charge in [0.1, 0.15) is 5.82 Å². The Morgan fingerprint density at radius 3 is 3.06 bits per heavy atom. The second kappa shape index (κ2) is 5.47. The third-order valence-electron chi connectivity index (χ3n) is 2.90. The predicted octanol–water partition coefficient (Wildman–Crippen LogP) is 1.82. The van der Waals surface area contributed by atoms with Crippen LogP contribution in [-0.2, 0) is 0 Å². The largest absolute Gasteiger partial charge is 0.352 e. The highest BCUT2D eigenvalue weighted by Gasteiger charge is 2.16. The molecule has 0 aromatic heterocycles. The average Bonchev–Trinajstić information content (AvgIpc) is 2.82. The molecular formula is C12H14ClFN2O. The molecule has 1 heterocycles. The van der Waals surface area contributed by atoms with Crippen molar-refractivity contribution in [1.82, 2.24) is 10.6 Å². The summed E-state index contributed by atoms with van der Waals surface area (Å²) >= 11 is 5.62. The lowest BCUT2D eigenvalue weighted by Gasteiger charge is -2.10. The molecule has 2 N–H and O–H groups in total. The topological polar surface area (TPSA) is 41.1 Å². The molecule has 1 unspecified atom stereocenters. The molecule has 92 valence electrons. The fraction of sp³-hybridized carbons (Fsp3) is 0.417. The molecular weight excluding hydrogens is 243 g/mol. The molecule has 1 amide bonds. The highest BCUT2D eigenvalue weighted by molar-refractivity contribution is 6.31. The Labute approximate surface area is 104 Å². The summed E-state index contributed by atoms with van der Waals surface area (Å²) in [5.74, 6) is -0.239. The molecule has 0 spiro atoms. The molecule has 0 radical (unpaired) electrons. The summed E-state index contributed by atoms with van der Waals surface area (Å²) in [6.07, 6.45) is 1.07. The first kappa shape index (κ1) is 12.3. The monoisotopic (exact) mass is 256 g/mol. The Morgan fingerprint density at radius 2 is 2.41 bits per heavy atom. The number of hydrogen-bond acceptors (Lipinski definition) is 2. The van der Waals surface area contributed by atoms with Crippen molar-refractivity contribution in [1.29, 1.82) is 0 Å². The minimum absolute atomic E-state index is 0.0276. The summed E-state index contributed by atoms with van der Waals surface area (Å²) in [5.41, 5.74) is 0.391. The first-order valence-electron chi connectivity index (χ1n) is 5.61. The average molecular weight is 257 g/mol. The zero-order chi connectivity index (χ0) is 12.3. The van der Waals surface area contributed by atoms with E-state index in [2.05, 4.69) is 10.6 Å². The van der Waals surface area contributed by atoms with Gasteiger partial charge in [0.05, 0.1) is 5.02 Å². The van der Waals surface area contributed by atoms with Crippen LogP contribution in [0.15, 0.2) is 18.2 Å². The van der Waals surface area contributed by atoms with Gasteiger partial charge < -0.3 is 10.6 Å². The maximum Gasteiger partial charge on any atom is 0.251 e. The quantitative estimate of drug-likeness (QED) is 0.866. The van der Waals surface area contributed by atoms with Crippen molar-refractivity contribution in [2.75, 3.05) is 19.6 Å². The summed E-state index contributed by atoms with van der Waals surface area (Å²) in [7, 11) is 0. The zero-order valence-corrected chi connectivity index (χ0v) is 10.1. The van der Waals surface area contributed by atoms with Crippen LogP contribution in [0, 0.1) is 11.7 Å². The van der Waals surface area contributed by atoms with E-state index in [0.29, 0.717) is 18.0 Å². The van der Waals surface area contributed by atoms with Gasteiger partial charge in [-0.05, 0) is 43.6 Å². The van der Waals surface area contributed by atoms with Gasteiger partial charge in [0, 0.05) is 12.1 Å². The minimum Gasteiger partial charge on any atom is -0.352 e. The third-order valence-corrected chi connectivity index (χ3v) is 3.19. The molecule has 1 saturated heterocycles. The van der Waals surface area contributed by atoms with E-state index in [9.17, 15) is 9.18 Å². The van der Waals surface area contributed by atoms with E-state index in [-0.39, 0.29) is 10.9 Å². The van der Waals surface area contributed by atoms with Crippen molar-refractivity contribution >= 4 is 17.5 Å². The van der Waals surface area contributed by atoms with E-state index in [1.165, 1.54) is 18.2 Å². The lowest BCUT2D eigenvalue weighted by Crippen LogP contribution is -2.30. The van der Waals surface area contributed by atoms with Crippen LogP contribution in [-0.4, -0.2) is 25.5 Å². The Morgan fingerprint density at radius 1 is 1.59 bits per heavy atom. The summed E-state index contributed by atoms with van der Waals surface area (Å²) in [5, 5.41) is 6.03. The van der Waals surface area contributed by atoms with Crippen LogP contribution in [0.2, 0.25) is 5.02 Å². The van der Waals surface area contributed by atoms with Gasteiger partial charge in [0.15, 0.2) is 0 Å². The molecule has 1 aromatic rings. The van der Waals surface area contributed by atoms with Gasteiger partial charge in [-0.3, -0.25) is 4.79 Å². The Hall–Kier alpha value is -1.13. The number of carbonyl (C=O) groups excluding carboxylic acids is 1. The molecule has 0 aliphatic carbocycles. The molecule has 3 nitrogen and oxygen atoms in total. The van der Waals surface area contributed by atoms with Gasteiger partial charge in [-0.15, -0.1) is 0 Å². The van der Waals surface area contributed by atoms with Crippen molar-refractivity contribution in [3.63, 3.8) is 0 Å². The maximum absolute atomic E-state index is 12.9. The summed E-state index contributed by atoms with van der Waals surface area (Å²) < 4.78 is 12.9. The van der Waals surface area contributed by atoms with Crippen LogP contribution in [0.4, 0.5) is 4.39 Å². The molecule has 5 heteroatoms. The van der Waals surface area contributed by atoms with Gasteiger partial charge in [-0.25, -0.2) is 4.39 Å². The first-order valence-corrected chi connectivity index (χ1v) is 5.98. The molecule has 1 aliphatic heterocycles. The van der Waals surface area contributed by atoms with E-state index in [1.54, 1.807) is 0 Å². The molecule has 2 rings (SSSR count). The summed E-state index contributed by atoms with van der Waals surface area (Å²) in [6.45, 7) is 2.58. The van der Waals surface area contributed by atoms with Gasteiger partial charge in [0.25, 0.3) is 5.91 Å². The molecule has 0 bridgehead atoms. The normalized spacial score (nSPS) is 19.3. The number of halogens is 2. The van der Waals surface area contributed by atoms with Crippen LogP contribution in [0.5, 0.6) is 0 Å². The number of rotatable bonds is 3. The maximum atomic E-state index is 12.9. The number of nitrogens with one attached hydrogen (secondary N) is 2. The highest BCUT2D eigenvalue weighted by atomic mass is 35.5. The SMILES string of the molecule is O=C(NCC1CCNC1)c1ccc(F)c(Cl)c1. The summed E-state index contributed by atoms with van der Waals surface area (Å²) in [4.78, 5) is 11.8. The first-order chi connectivity index (χ1) is 8.16. The lowest BCUT2D eigenvalue weighted by molar-refractivity contribution is 0.0948. The Balaban J connectivity index is 1.92. The van der Waals surface area contributed by atoms with Crippen LogP contribution >= 0.6 is 11.6 Å². The highest BCUT2D eigenvalue weighted by Crippen LogP contribution is 2.16. The van der Waals surface area contributed by atoms with Crippen molar-refractivity contribution in [2.45, 2.75) is 6.42 Å². The second-order valence-electron chi connectivity index (χ2n) is 4.20. The van der Waals surface area contributed by atoms with Gasteiger partial charge in [-0.1, -0.05) is 11.6 Å². The molecule has 1 aromatic carbocycles. The van der Waals surface area contributed by atoms with E-state index < -0.39 is 5.82 Å². The van der Waals surface area contributed by atoms with Crippen LogP contribution < -0.4 is 10.6 Å². The fourth-order valence-electron chi connectivity index (χ4n) is 1.87. The fourth-order valence-corrected chi connectivity index (χ4v) is 2.05. The minimum atomic E-state index is -0.511. The Kier molecular flexibility index (Phi) is 3.97. The van der Waals surface area contributed by atoms with Gasteiger partial charge in [0.2, 0.25) is 0 Å². The van der Waals surface area contributed by atoms with Crippen LogP contribution in [0.3, 0.4) is 0 Å². The van der Waals surface area contributed by atoms with E-state index >= 15 is 0 Å². The molecule has 1 atom stereocenters. The van der Waals surface area contributed by atoms with Crippen LogP contribution in [0.1, 0.15) is 16.8 Å². The zero-order valence-electron chi connectivity index (χ0n) is 9.30. The van der Waals surface area contributed by atoms with Gasteiger partial charge in [-0.2, -0.15) is 0 Å². The van der Waals surface area contributed by atoms with Crippen molar-refractivity contribution in [2.24, 2.45) is 5.92 Å². The van der Waals surface area contributed by atoms with E-state index in [0.717, 1.165) is 19.5 Å². The number of amides is 1. The lowest BCUT2D eigenvalue weighted by atomic mass is 10.1.